The molecule has 0 saturated heterocycles. The van der Waals surface area contributed by atoms with Crippen LogP contribution in [-0.4, -0.2) is 47.3 Å². The third-order valence-corrected chi connectivity index (χ3v) is 2.25. The maximum atomic E-state index is 11.3. The molecule has 0 aliphatic carbocycles. The Balaban J connectivity index is 3.44. The average Bonchev–Trinajstić information content (AvgIpc) is 2.29. The summed E-state index contributed by atoms with van der Waals surface area (Å²) in [6.07, 6.45) is 0.897. The Morgan fingerprint density at radius 1 is 0.889 bits per heavy atom. The molecule has 0 heterocycles. The highest BCUT2D eigenvalue weighted by Gasteiger charge is 2.05. The minimum Gasteiger partial charge on any atom is -0.392 e. The summed E-state index contributed by atoms with van der Waals surface area (Å²) in [5.41, 5.74) is 0. The molecule has 0 fully saturated rings. The molecule has 2 atom stereocenters. The lowest BCUT2D eigenvalue weighted by Gasteiger charge is -2.08. The van der Waals surface area contributed by atoms with Gasteiger partial charge in [-0.15, -0.1) is 0 Å². The van der Waals surface area contributed by atoms with Gasteiger partial charge in [-0.05, 0) is 26.7 Å². The molecule has 6 heteroatoms. The van der Waals surface area contributed by atoms with Crippen LogP contribution < -0.4 is 10.6 Å². The van der Waals surface area contributed by atoms with Crippen molar-refractivity contribution in [1.29, 1.82) is 0 Å². The number of hydrogen-bond acceptors (Lipinski definition) is 4. The van der Waals surface area contributed by atoms with E-state index in [1.54, 1.807) is 13.8 Å². The Kier molecular flexibility index (Phi) is 9.22. The zero-order valence-corrected chi connectivity index (χ0v) is 11.1. The van der Waals surface area contributed by atoms with Gasteiger partial charge in [0.2, 0.25) is 11.8 Å². The van der Waals surface area contributed by atoms with Crippen molar-refractivity contribution in [1.82, 2.24) is 10.6 Å². The third-order valence-electron chi connectivity index (χ3n) is 2.25. The van der Waals surface area contributed by atoms with Crippen LogP contribution in [0.5, 0.6) is 0 Å². The zero-order valence-electron chi connectivity index (χ0n) is 11.1. The van der Waals surface area contributed by atoms with Crippen molar-refractivity contribution >= 4 is 11.8 Å². The van der Waals surface area contributed by atoms with E-state index in [0.29, 0.717) is 25.7 Å². The first-order chi connectivity index (χ1) is 8.41. The van der Waals surface area contributed by atoms with Crippen LogP contribution >= 0.6 is 0 Å². The SMILES string of the molecule is CC(O)CNC(=O)CCCCC(=O)NCC(C)O. The quantitative estimate of drug-likeness (QED) is 0.422. The number of aliphatic hydroxyl groups excluding tert-OH is 2. The van der Waals surface area contributed by atoms with Gasteiger partial charge in [0.05, 0.1) is 12.2 Å². The molecular weight excluding hydrogens is 236 g/mol. The number of unbranched alkanes of at least 4 members (excludes halogenated alkanes) is 1. The molecule has 6 nitrogen and oxygen atoms in total. The lowest BCUT2D eigenvalue weighted by molar-refractivity contribution is -0.123. The Morgan fingerprint density at radius 2 is 1.22 bits per heavy atom. The van der Waals surface area contributed by atoms with Crippen molar-refractivity contribution in [3.63, 3.8) is 0 Å². The Hall–Kier alpha value is -1.14. The summed E-state index contributed by atoms with van der Waals surface area (Å²) in [6, 6.07) is 0. The van der Waals surface area contributed by atoms with Crippen LogP contribution in [0.1, 0.15) is 39.5 Å². The summed E-state index contributed by atoms with van der Waals surface area (Å²) in [6.45, 7) is 3.72. The van der Waals surface area contributed by atoms with Crippen LogP contribution in [0, 0.1) is 0 Å². The summed E-state index contributed by atoms with van der Waals surface area (Å²) in [7, 11) is 0. The molecule has 18 heavy (non-hydrogen) atoms. The van der Waals surface area contributed by atoms with E-state index in [4.69, 9.17) is 10.2 Å². The van der Waals surface area contributed by atoms with E-state index in [1.807, 2.05) is 0 Å². The van der Waals surface area contributed by atoms with Crippen LogP contribution in [0.25, 0.3) is 0 Å². The predicted octanol–water partition coefficient (Wildman–Crippen LogP) is -0.459. The molecule has 0 bridgehead atoms. The van der Waals surface area contributed by atoms with Crippen LogP contribution in [0.2, 0.25) is 0 Å². The highest BCUT2D eigenvalue weighted by molar-refractivity contribution is 5.77. The molecule has 4 N–H and O–H groups in total. The molecular formula is C12H24N2O4. The van der Waals surface area contributed by atoms with E-state index in [9.17, 15) is 9.59 Å². The van der Waals surface area contributed by atoms with Crippen LogP contribution in [-0.2, 0) is 9.59 Å². The summed E-state index contributed by atoms with van der Waals surface area (Å²) < 4.78 is 0. The summed E-state index contributed by atoms with van der Waals surface area (Å²) >= 11 is 0. The lowest BCUT2D eigenvalue weighted by atomic mass is 10.2. The van der Waals surface area contributed by atoms with Crippen molar-refractivity contribution < 1.29 is 19.8 Å². The first-order valence-electron chi connectivity index (χ1n) is 6.31. The fraction of sp³-hybridized carbons (Fsp3) is 0.833. The molecule has 0 aliphatic heterocycles. The van der Waals surface area contributed by atoms with Gasteiger partial charge in [0.15, 0.2) is 0 Å². The number of carbonyl (C=O) groups excluding carboxylic acids is 2. The van der Waals surface area contributed by atoms with E-state index in [-0.39, 0.29) is 24.9 Å². The number of amides is 2. The first kappa shape index (κ1) is 16.9. The highest BCUT2D eigenvalue weighted by Crippen LogP contribution is 1.99. The minimum atomic E-state index is -0.541. The van der Waals surface area contributed by atoms with Gasteiger partial charge in [-0.3, -0.25) is 9.59 Å². The van der Waals surface area contributed by atoms with Crippen LogP contribution in [0.3, 0.4) is 0 Å². The Bertz CT molecular complexity index is 228. The van der Waals surface area contributed by atoms with E-state index in [0.717, 1.165) is 0 Å². The topological polar surface area (TPSA) is 98.7 Å². The number of rotatable bonds is 9. The molecule has 0 spiro atoms. The summed E-state index contributed by atoms with van der Waals surface area (Å²) in [5, 5.41) is 23.1. The monoisotopic (exact) mass is 260 g/mol. The van der Waals surface area contributed by atoms with Crippen LogP contribution in [0.15, 0.2) is 0 Å². The third kappa shape index (κ3) is 11.3. The maximum absolute atomic E-state index is 11.3. The van der Waals surface area contributed by atoms with Gasteiger partial charge in [0, 0.05) is 25.9 Å². The lowest BCUT2D eigenvalue weighted by Crippen LogP contribution is -2.31. The molecule has 0 saturated carbocycles. The summed E-state index contributed by atoms with van der Waals surface area (Å²) in [4.78, 5) is 22.5. The molecule has 0 aromatic carbocycles. The number of nitrogens with one attached hydrogen (secondary N) is 2. The van der Waals surface area contributed by atoms with Gasteiger partial charge in [0.25, 0.3) is 0 Å². The van der Waals surface area contributed by atoms with Gasteiger partial charge < -0.3 is 20.8 Å². The van der Waals surface area contributed by atoms with Gasteiger partial charge >= 0.3 is 0 Å². The van der Waals surface area contributed by atoms with Crippen LogP contribution in [0.4, 0.5) is 0 Å². The van der Waals surface area contributed by atoms with Gasteiger partial charge in [-0.25, -0.2) is 0 Å². The van der Waals surface area contributed by atoms with Crippen molar-refractivity contribution in [2.24, 2.45) is 0 Å². The first-order valence-corrected chi connectivity index (χ1v) is 6.31. The van der Waals surface area contributed by atoms with Crippen molar-refractivity contribution in [2.75, 3.05) is 13.1 Å². The molecule has 106 valence electrons. The molecule has 0 aromatic heterocycles. The number of hydrogen-bond donors (Lipinski definition) is 4. The highest BCUT2D eigenvalue weighted by atomic mass is 16.3. The molecule has 0 aromatic rings. The normalized spacial score (nSPS) is 13.8. The number of carbonyl (C=O) groups is 2. The average molecular weight is 260 g/mol. The van der Waals surface area contributed by atoms with E-state index < -0.39 is 12.2 Å². The van der Waals surface area contributed by atoms with E-state index in [1.165, 1.54) is 0 Å². The fourth-order valence-electron chi connectivity index (χ4n) is 1.27. The maximum Gasteiger partial charge on any atom is 0.220 e. The molecule has 0 radical (unpaired) electrons. The molecule has 2 unspecified atom stereocenters. The van der Waals surface area contributed by atoms with Crippen molar-refractivity contribution in [2.45, 2.75) is 51.7 Å². The number of aliphatic hydroxyl groups is 2. The van der Waals surface area contributed by atoms with E-state index >= 15 is 0 Å². The molecule has 0 aliphatic rings. The zero-order chi connectivity index (χ0) is 14.0. The van der Waals surface area contributed by atoms with Gasteiger partial charge in [-0.1, -0.05) is 0 Å². The fourth-order valence-corrected chi connectivity index (χ4v) is 1.27. The predicted molar refractivity (Wildman–Crippen MR) is 67.8 cm³/mol. The second kappa shape index (κ2) is 9.85. The van der Waals surface area contributed by atoms with Crippen molar-refractivity contribution in [3.8, 4) is 0 Å². The minimum absolute atomic E-state index is 0.111. The van der Waals surface area contributed by atoms with Gasteiger partial charge in [-0.2, -0.15) is 0 Å². The smallest absolute Gasteiger partial charge is 0.220 e. The Labute approximate surface area is 108 Å². The standard InChI is InChI=1S/C12H24N2O4/c1-9(15)7-13-11(17)5-3-4-6-12(18)14-8-10(2)16/h9-10,15-16H,3-8H2,1-2H3,(H,13,17)(H,14,18). The molecule has 0 rings (SSSR count). The van der Waals surface area contributed by atoms with Crippen molar-refractivity contribution in [3.05, 3.63) is 0 Å². The van der Waals surface area contributed by atoms with Gasteiger partial charge in [0.1, 0.15) is 0 Å². The largest absolute Gasteiger partial charge is 0.392 e. The second-order valence-corrected chi connectivity index (χ2v) is 4.51. The Morgan fingerprint density at radius 3 is 1.50 bits per heavy atom. The second-order valence-electron chi connectivity index (χ2n) is 4.51. The van der Waals surface area contributed by atoms with E-state index in [2.05, 4.69) is 10.6 Å². The molecule has 2 amide bonds. The summed E-state index contributed by atoms with van der Waals surface area (Å²) in [5.74, 6) is -0.222.